The normalized spacial score (nSPS) is 19.7. The third-order valence-corrected chi connectivity index (χ3v) is 5.90. The molecule has 156 valence electrons. The fourth-order valence-electron chi connectivity index (χ4n) is 3.63. The Morgan fingerprint density at radius 1 is 1.24 bits per heavy atom. The fraction of sp³-hybridized carbons (Fsp3) is 0.571. The van der Waals surface area contributed by atoms with Gasteiger partial charge in [0.2, 0.25) is 5.82 Å². The SMILES string of the molecule is COCCOC1CCC(n2ccc3nc(C#C[Si](C)(C)C)nc(C(N)=O)c32)CC1. The van der Waals surface area contributed by atoms with Crippen molar-refractivity contribution in [2.75, 3.05) is 20.3 Å². The number of nitrogens with zero attached hydrogens (tertiary/aromatic N) is 3. The molecule has 0 atom stereocenters. The molecule has 3 rings (SSSR count). The molecule has 2 N–H and O–H groups in total. The number of carbonyl (C=O) groups excluding carboxylic acids is 1. The van der Waals surface area contributed by atoms with E-state index >= 15 is 0 Å². The quantitative estimate of drug-likeness (QED) is 0.446. The van der Waals surface area contributed by atoms with Crippen LogP contribution in [0.1, 0.15) is 48.0 Å². The monoisotopic (exact) mass is 414 g/mol. The van der Waals surface area contributed by atoms with Gasteiger partial charge in [0.1, 0.15) is 8.07 Å². The zero-order chi connectivity index (χ0) is 21.0. The van der Waals surface area contributed by atoms with Crippen molar-refractivity contribution < 1.29 is 14.3 Å². The van der Waals surface area contributed by atoms with Crippen molar-refractivity contribution in [2.45, 2.75) is 57.5 Å². The lowest BCUT2D eigenvalue weighted by atomic mass is 9.92. The van der Waals surface area contributed by atoms with Crippen LogP contribution in [0.15, 0.2) is 12.3 Å². The second-order valence-corrected chi connectivity index (χ2v) is 13.3. The zero-order valence-electron chi connectivity index (χ0n) is 17.7. The van der Waals surface area contributed by atoms with Gasteiger partial charge in [-0.1, -0.05) is 19.6 Å². The zero-order valence-corrected chi connectivity index (χ0v) is 18.7. The number of amides is 1. The number of rotatable bonds is 6. The number of fused-ring (bicyclic) bond motifs is 1. The molecule has 0 unspecified atom stereocenters. The van der Waals surface area contributed by atoms with E-state index < -0.39 is 14.0 Å². The predicted molar refractivity (Wildman–Crippen MR) is 115 cm³/mol. The van der Waals surface area contributed by atoms with Crippen molar-refractivity contribution >= 4 is 25.0 Å². The lowest BCUT2D eigenvalue weighted by molar-refractivity contribution is -0.00620. The van der Waals surface area contributed by atoms with Gasteiger partial charge in [-0.15, -0.1) is 5.54 Å². The molecule has 0 saturated heterocycles. The summed E-state index contributed by atoms with van der Waals surface area (Å²) in [5.41, 5.74) is 10.6. The molecule has 2 aromatic rings. The Morgan fingerprint density at radius 2 is 1.97 bits per heavy atom. The van der Waals surface area contributed by atoms with Gasteiger partial charge in [0.15, 0.2) is 5.69 Å². The highest BCUT2D eigenvalue weighted by atomic mass is 28.3. The summed E-state index contributed by atoms with van der Waals surface area (Å²) in [6, 6.07) is 2.19. The number of methoxy groups -OCH3 is 1. The van der Waals surface area contributed by atoms with Crippen molar-refractivity contribution in [3.8, 4) is 11.5 Å². The van der Waals surface area contributed by atoms with Crippen molar-refractivity contribution in [3.63, 3.8) is 0 Å². The summed E-state index contributed by atoms with van der Waals surface area (Å²) in [5, 5.41) is 0. The summed E-state index contributed by atoms with van der Waals surface area (Å²) < 4.78 is 13.0. The van der Waals surface area contributed by atoms with Gasteiger partial charge < -0.3 is 19.8 Å². The molecule has 1 fully saturated rings. The van der Waals surface area contributed by atoms with Crippen LogP contribution in [-0.4, -0.2) is 54.9 Å². The van der Waals surface area contributed by atoms with Crippen molar-refractivity contribution in [2.24, 2.45) is 5.73 Å². The molecular weight excluding hydrogens is 384 g/mol. The molecule has 1 saturated carbocycles. The highest BCUT2D eigenvalue weighted by Crippen LogP contribution is 2.33. The summed E-state index contributed by atoms with van der Waals surface area (Å²) >= 11 is 0. The predicted octanol–water partition coefficient (Wildman–Crippen LogP) is 2.91. The van der Waals surface area contributed by atoms with Gasteiger partial charge in [-0.05, 0) is 37.7 Å². The second kappa shape index (κ2) is 9.07. The highest BCUT2D eigenvalue weighted by Gasteiger charge is 2.26. The van der Waals surface area contributed by atoms with E-state index in [1.54, 1.807) is 7.11 Å². The highest BCUT2D eigenvalue weighted by molar-refractivity contribution is 6.83. The number of carbonyl (C=O) groups is 1. The molecular formula is C21H30N4O3Si. The first-order valence-corrected chi connectivity index (χ1v) is 13.6. The van der Waals surface area contributed by atoms with E-state index in [9.17, 15) is 4.79 Å². The third kappa shape index (κ3) is 5.44. The minimum absolute atomic E-state index is 0.248. The van der Waals surface area contributed by atoms with Gasteiger partial charge in [0.25, 0.3) is 5.91 Å². The maximum Gasteiger partial charge on any atom is 0.269 e. The van der Waals surface area contributed by atoms with Gasteiger partial charge in [-0.2, -0.15) is 0 Å². The van der Waals surface area contributed by atoms with Crippen molar-refractivity contribution in [1.29, 1.82) is 0 Å². The Morgan fingerprint density at radius 3 is 2.59 bits per heavy atom. The summed E-state index contributed by atoms with van der Waals surface area (Å²) in [4.78, 5) is 21.1. The summed E-state index contributed by atoms with van der Waals surface area (Å²) in [6.07, 6.45) is 6.13. The molecule has 7 nitrogen and oxygen atoms in total. The van der Waals surface area contributed by atoms with E-state index in [1.807, 2.05) is 12.3 Å². The van der Waals surface area contributed by atoms with E-state index in [4.69, 9.17) is 15.2 Å². The van der Waals surface area contributed by atoms with Crippen LogP contribution in [0, 0.1) is 11.5 Å². The molecule has 8 heteroatoms. The van der Waals surface area contributed by atoms with Crippen LogP contribution in [0.2, 0.25) is 19.6 Å². The summed E-state index contributed by atoms with van der Waals surface area (Å²) in [5.74, 6) is 2.85. The van der Waals surface area contributed by atoms with Crippen LogP contribution in [0.5, 0.6) is 0 Å². The van der Waals surface area contributed by atoms with Crippen LogP contribution in [0.3, 0.4) is 0 Å². The molecule has 29 heavy (non-hydrogen) atoms. The van der Waals surface area contributed by atoms with Gasteiger partial charge in [0, 0.05) is 19.3 Å². The molecule has 1 amide bonds. The maximum absolute atomic E-state index is 12.1. The Balaban J connectivity index is 1.85. The Hall–Kier alpha value is -2.21. The molecule has 1 aliphatic carbocycles. The van der Waals surface area contributed by atoms with Gasteiger partial charge >= 0.3 is 0 Å². The molecule has 0 aliphatic heterocycles. The first-order chi connectivity index (χ1) is 13.8. The molecule has 0 radical (unpaired) electrons. The van der Waals surface area contributed by atoms with Crippen molar-refractivity contribution in [3.05, 3.63) is 23.8 Å². The Bertz CT molecular complexity index is 931. The van der Waals surface area contributed by atoms with Crippen LogP contribution >= 0.6 is 0 Å². The van der Waals surface area contributed by atoms with E-state index in [1.165, 1.54) is 0 Å². The number of hydrogen-bond donors (Lipinski definition) is 1. The van der Waals surface area contributed by atoms with E-state index in [0.717, 1.165) is 25.7 Å². The standard InChI is InChI=1S/C21H30N4O3Si/c1-27-12-13-28-16-7-5-15(6-8-16)25-11-9-17-20(25)19(21(22)26)24-18(23-17)10-14-29(2,3)4/h9,11,15-16H,5-8,12-13H2,1-4H3,(H2,22,26). The first-order valence-electron chi connectivity index (χ1n) is 10.1. The van der Waals surface area contributed by atoms with Gasteiger partial charge in [0.05, 0.1) is 30.4 Å². The van der Waals surface area contributed by atoms with Gasteiger partial charge in [-0.25, -0.2) is 9.97 Å². The topological polar surface area (TPSA) is 92.3 Å². The number of primary amides is 1. The lowest BCUT2D eigenvalue weighted by Crippen LogP contribution is -2.25. The average Bonchev–Trinajstić information content (AvgIpc) is 3.10. The number of hydrogen-bond acceptors (Lipinski definition) is 5. The van der Waals surface area contributed by atoms with Gasteiger partial charge in [-0.3, -0.25) is 4.79 Å². The smallest absolute Gasteiger partial charge is 0.269 e. The molecule has 1 aliphatic rings. The molecule has 0 aromatic carbocycles. The first kappa shape index (κ1) is 21.5. The molecule has 2 heterocycles. The minimum atomic E-state index is -1.57. The van der Waals surface area contributed by atoms with Crippen LogP contribution in [0.25, 0.3) is 11.0 Å². The fourth-order valence-corrected chi connectivity index (χ4v) is 4.12. The second-order valence-electron chi connectivity index (χ2n) is 8.51. The Labute approximate surface area is 173 Å². The largest absolute Gasteiger partial charge is 0.382 e. The van der Waals surface area contributed by atoms with Crippen LogP contribution in [0.4, 0.5) is 0 Å². The van der Waals surface area contributed by atoms with Crippen molar-refractivity contribution in [1.82, 2.24) is 14.5 Å². The molecule has 2 aromatic heterocycles. The Kier molecular flexibility index (Phi) is 6.73. The molecule has 0 spiro atoms. The number of aromatic nitrogens is 3. The minimum Gasteiger partial charge on any atom is -0.382 e. The van der Waals surface area contributed by atoms with E-state index in [-0.39, 0.29) is 17.8 Å². The third-order valence-electron chi connectivity index (χ3n) is 5.02. The molecule has 0 bridgehead atoms. The average molecular weight is 415 g/mol. The summed E-state index contributed by atoms with van der Waals surface area (Å²) in [7, 11) is 0.104. The van der Waals surface area contributed by atoms with E-state index in [2.05, 4.69) is 45.6 Å². The number of nitrogens with two attached hydrogens (primary N) is 1. The van der Waals surface area contributed by atoms with Crippen LogP contribution < -0.4 is 5.73 Å². The lowest BCUT2D eigenvalue weighted by Gasteiger charge is -2.30. The maximum atomic E-state index is 12.1. The van der Waals surface area contributed by atoms with E-state index in [0.29, 0.717) is 30.1 Å². The van der Waals surface area contributed by atoms with Crippen LogP contribution in [-0.2, 0) is 9.47 Å². The summed E-state index contributed by atoms with van der Waals surface area (Å²) in [6.45, 7) is 7.70. The number of ether oxygens (including phenoxy) is 2.